The standard InChI is InChI=1S/C26H30NO7P/c28-17-20-15-23(10-13-25(20)30)33-18-21(29)16-27-14-4-7-26(34-22-5-2-1-3-6-22)19-8-11-24(12-9-19)35(31)32/h1-3,5-6,8-13,15,21,26-29H,4,7,14,16-18H2,(H-,30,31,32)/p+1. The van der Waals surface area contributed by atoms with E-state index in [1.807, 2.05) is 42.5 Å². The predicted molar refractivity (Wildman–Crippen MR) is 133 cm³/mol. The molecule has 3 atom stereocenters. The fourth-order valence-corrected chi connectivity index (χ4v) is 3.89. The molecule has 9 heteroatoms. The van der Waals surface area contributed by atoms with Crippen LogP contribution < -0.4 is 20.1 Å². The van der Waals surface area contributed by atoms with Gasteiger partial charge in [-0.1, -0.05) is 30.3 Å². The molecular weight excluding hydrogens is 469 g/mol. The van der Waals surface area contributed by atoms with E-state index in [0.717, 1.165) is 17.7 Å². The highest BCUT2D eigenvalue weighted by molar-refractivity contribution is 7.47. The van der Waals surface area contributed by atoms with Crippen LogP contribution in [-0.2, 0) is 11.2 Å². The lowest BCUT2D eigenvalue weighted by atomic mass is 10.0. The molecule has 3 aromatic carbocycles. The number of para-hydroxylation sites is 1. The second-order valence-electron chi connectivity index (χ2n) is 8.04. The highest BCUT2D eigenvalue weighted by Gasteiger charge is 2.19. The van der Waals surface area contributed by atoms with Gasteiger partial charge in [0.15, 0.2) is 0 Å². The molecule has 0 amide bonds. The maximum Gasteiger partial charge on any atom is 0.546 e. The Hall–Kier alpha value is -3.00. The summed E-state index contributed by atoms with van der Waals surface area (Å²) in [7, 11) is -2.38. The van der Waals surface area contributed by atoms with Gasteiger partial charge in [-0.15, -0.1) is 0 Å². The number of ether oxygens (including phenoxy) is 2. The van der Waals surface area contributed by atoms with E-state index in [-0.39, 0.29) is 25.1 Å². The van der Waals surface area contributed by atoms with Crippen molar-refractivity contribution in [3.05, 3.63) is 83.9 Å². The van der Waals surface area contributed by atoms with Crippen LogP contribution in [0, 0.1) is 0 Å². The Bertz CT molecular complexity index is 1060. The molecule has 0 radical (unpaired) electrons. The summed E-state index contributed by atoms with van der Waals surface area (Å²) in [5.41, 5.74) is 1.28. The Morgan fingerprint density at radius 2 is 1.71 bits per heavy atom. The lowest BCUT2D eigenvalue weighted by molar-refractivity contribution is 0.106. The van der Waals surface area contributed by atoms with Gasteiger partial charge >= 0.3 is 8.03 Å². The number of aromatic hydroxyl groups is 1. The van der Waals surface area contributed by atoms with Crippen LogP contribution in [0.2, 0.25) is 0 Å². The van der Waals surface area contributed by atoms with Crippen LogP contribution in [0.4, 0.5) is 0 Å². The molecule has 0 heterocycles. The van der Waals surface area contributed by atoms with Gasteiger partial charge < -0.3 is 30.1 Å². The Morgan fingerprint density at radius 1 is 0.971 bits per heavy atom. The molecule has 0 fully saturated rings. The van der Waals surface area contributed by atoms with Crippen molar-refractivity contribution >= 4 is 13.3 Å². The molecule has 35 heavy (non-hydrogen) atoms. The molecule has 0 aliphatic rings. The van der Waals surface area contributed by atoms with Crippen LogP contribution in [-0.4, -0.2) is 46.0 Å². The number of hydrogen-bond acceptors (Lipinski definition) is 7. The van der Waals surface area contributed by atoms with Gasteiger partial charge in [-0.05, 0) is 72.0 Å². The fourth-order valence-electron chi connectivity index (χ4n) is 3.48. The van der Waals surface area contributed by atoms with Crippen LogP contribution in [0.15, 0.2) is 72.8 Å². The van der Waals surface area contributed by atoms with E-state index in [1.54, 1.807) is 18.2 Å². The van der Waals surface area contributed by atoms with Crippen molar-refractivity contribution in [2.45, 2.75) is 31.7 Å². The minimum Gasteiger partial charge on any atom is -0.508 e. The molecule has 5 N–H and O–H groups in total. The van der Waals surface area contributed by atoms with Gasteiger partial charge in [0.2, 0.25) is 5.30 Å². The van der Waals surface area contributed by atoms with Gasteiger partial charge in [0, 0.05) is 12.1 Å². The van der Waals surface area contributed by atoms with Crippen LogP contribution >= 0.6 is 8.03 Å². The molecule has 0 bridgehead atoms. The first kappa shape index (κ1) is 26.6. The van der Waals surface area contributed by atoms with E-state index in [9.17, 15) is 24.8 Å². The Morgan fingerprint density at radius 3 is 2.40 bits per heavy atom. The number of phenols is 1. The third-order valence-corrected chi connectivity index (χ3v) is 6.11. The largest absolute Gasteiger partial charge is 0.546 e. The van der Waals surface area contributed by atoms with Crippen LogP contribution in [0.3, 0.4) is 0 Å². The number of nitrogens with one attached hydrogen (secondary N) is 1. The van der Waals surface area contributed by atoms with E-state index in [2.05, 4.69) is 5.32 Å². The van der Waals surface area contributed by atoms with E-state index in [1.165, 1.54) is 12.1 Å². The van der Waals surface area contributed by atoms with Crippen LogP contribution in [0.5, 0.6) is 17.2 Å². The summed E-state index contributed by atoms with van der Waals surface area (Å²) in [6.45, 7) is 0.767. The molecule has 0 saturated heterocycles. The van der Waals surface area contributed by atoms with Crippen molar-refractivity contribution < 1.29 is 34.3 Å². The zero-order chi connectivity index (χ0) is 25.0. The Balaban J connectivity index is 1.45. The molecule has 8 nitrogen and oxygen atoms in total. The number of hydrogen-bond donors (Lipinski definition) is 5. The molecule has 0 aliphatic carbocycles. The van der Waals surface area contributed by atoms with Crippen molar-refractivity contribution in [3.63, 3.8) is 0 Å². The molecule has 3 unspecified atom stereocenters. The van der Waals surface area contributed by atoms with Crippen molar-refractivity contribution in [2.24, 2.45) is 0 Å². The lowest BCUT2D eigenvalue weighted by Gasteiger charge is -2.20. The summed E-state index contributed by atoms with van der Waals surface area (Å²) in [4.78, 5) is 9.29. The van der Waals surface area contributed by atoms with E-state index in [4.69, 9.17) is 9.47 Å². The maximum absolute atomic E-state index is 11.3. The average Bonchev–Trinajstić information content (AvgIpc) is 2.88. The second-order valence-corrected chi connectivity index (χ2v) is 9.11. The van der Waals surface area contributed by atoms with Crippen LogP contribution in [0.1, 0.15) is 30.1 Å². The minimum atomic E-state index is -2.38. The average molecular weight is 501 g/mol. The van der Waals surface area contributed by atoms with Crippen LogP contribution in [0.25, 0.3) is 0 Å². The smallest absolute Gasteiger partial charge is 0.508 e. The molecular formula is C26H31NO7P+. The lowest BCUT2D eigenvalue weighted by Crippen LogP contribution is -2.32. The van der Waals surface area contributed by atoms with Gasteiger partial charge in [0.25, 0.3) is 0 Å². The molecule has 0 aromatic heterocycles. The number of aliphatic hydroxyl groups excluding tert-OH is 2. The number of rotatable bonds is 14. The molecule has 0 saturated carbocycles. The molecule has 0 spiro atoms. The zero-order valence-electron chi connectivity index (χ0n) is 19.3. The highest BCUT2D eigenvalue weighted by Crippen LogP contribution is 2.26. The predicted octanol–water partition coefficient (Wildman–Crippen LogP) is 3.17. The summed E-state index contributed by atoms with van der Waals surface area (Å²) in [5.74, 6) is 1.20. The van der Waals surface area contributed by atoms with Crippen molar-refractivity contribution in [1.29, 1.82) is 0 Å². The monoisotopic (exact) mass is 500 g/mol. The molecule has 186 valence electrons. The fraction of sp³-hybridized carbons (Fsp3) is 0.308. The first-order valence-corrected chi connectivity index (χ1v) is 12.6. The normalized spacial score (nSPS) is 13.2. The Kier molecular flexibility index (Phi) is 10.5. The van der Waals surface area contributed by atoms with Crippen molar-refractivity contribution in [3.8, 4) is 17.2 Å². The molecule has 0 aliphatic heterocycles. The summed E-state index contributed by atoms with van der Waals surface area (Å²) >= 11 is 0. The van der Waals surface area contributed by atoms with Crippen molar-refractivity contribution in [1.82, 2.24) is 5.32 Å². The minimum absolute atomic E-state index is 0.00332. The summed E-state index contributed by atoms with van der Waals surface area (Å²) < 4.78 is 23.0. The molecule has 3 aromatic rings. The summed E-state index contributed by atoms with van der Waals surface area (Å²) in [6, 6.07) is 21.0. The Labute approximate surface area is 205 Å². The summed E-state index contributed by atoms with van der Waals surface area (Å²) in [6.07, 6.45) is 0.522. The number of aliphatic hydroxyl groups is 2. The quantitative estimate of drug-likeness (QED) is 0.169. The maximum atomic E-state index is 11.3. The van der Waals surface area contributed by atoms with E-state index < -0.39 is 14.1 Å². The first-order chi connectivity index (χ1) is 17.0. The highest BCUT2D eigenvalue weighted by atomic mass is 31.1. The van der Waals surface area contributed by atoms with E-state index in [0.29, 0.717) is 36.1 Å². The van der Waals surface area contributed by atoms with Crippen molar-refractivity contribution in [2.75, 3.05) is 19.7 Å². The van der Waals surface area contributed by atoms with Gasteiger partial charge in [-0.2, -0.15) is 4.89 Å². The zero-order valence-corrected chi connectivity index (χ0v) is 20.2. The van der Waals surface area contributed by atoms with Gasteiger partial charge in [-0.25, -0.2) is 0 Å². The van der Waals surface area contributed by atoms with Gasteiger partial charge in [-0.3, -0.25) is 0 Å². The molecule has 3 rings (SSSR count). The third-order valence-electron chi connectivity index (χ3n) is 5.37. The first-order valence-electron chi connectivity index (χ1n) is 11.4. The van der Waals surface area contributed by atoms with E-state index >= 15 is 0 Å². The third kappa shape index (κ3) is 8.62. The topological polar surface area (TPSA) is 128 Å². The number of benzene rings is 3. The van der Waals surface area contributed by atoms with Gasteiger partial charge in [0.05, 0.1) is 6.61 Å². The van der Waals surface area contributed by atoms with Gasteiger partial charge in [0.1, 0.15) is 36.1 Å². The second kappa shape index (κ2) is 13.8. The summed E-state index contributed by atoms with van der Waals surface area (Å²) in [5, 5.41) is 32.6. The SMILES string of the molecule is O=[P+](O)c1ccc(C(CCCNCC(O)COc2ccc(O)c(CO)c2)Oc2ccccc2)cc1.